The van der Waals surface area contributed by atoms with Gasteiger partial charge in [-0.3, -0.25) is 4.90 Å². The minimum Gasteiger partial charge on any atom is -0.447 e. The van der Waals surface area contributed by atoms with Crippen molar-refractivity contribution in [1.82, 2.24) is 9.80 Å². The Kier molecular flexibility index (Phi) is 3.38. The zero-order chi connectivity index (χ0) is 11.6. The summed E-state index contributed by atoms with van der Waals surface area (Å²) < 4.78 is 5.09. The van der Waals surface area contributed by atoms with E-state index >= 15 is 0 Å². The fourth-order valence-electron chi connectivity index (χ4n) is 2.46. The largest absolute Gasteiger partial charge is 0.447 e. The third-order valence-electron chi connectivity index (χ3n) is 3.59. The number of hydrogen-bond acceptors (Lipinski definition) is 3. The SMILES string of the molecule is CC1(C)COC(=O)N1CCN1CCCCC1. The number of hydrogen-bond donors (Lipinski definition) is 0. The van der Waals surface area contributed by atoms with E-state index in [1.165, 1.54) is 32.4 Å². The summed E-state index contributed by atoms with van der Waals surface area (Å²) in [6.45, 7) is 8.80. The topological polar surface area (TPSA) is 32.8 Å². The quantitative estimate of drug-likeness (QED) is 0.734. The van der Waals surface area contributed by atoms with E-state index in [2.05, 4.69) is 18.7 Å². The van der Waals surface area contributed by atoms with Crippen LogP contribution in [0.2, 0.25) is 0 Å². The molecule has 0 N–H and O–H groups in total. The first-order chi connectivity index (χ1) is 7.59. The molecular weight excluding hydrogens is 204 g/mol. The van der Waals surface area contributed by atoms with Gasteiger partial charge in [0.2, 0.25) is 0 Å². The van der Waals surface area contributed by atoms with Gasteiger partial charge >= 0.3 is 6.09 Å². The van der Waals surface area contributed by atoms with Crippen LogP contribution in [-0.2, 0) is 4.74 Å². The molecule has 0 aromatic heterocycles. The Morgan fingerprint density at radius 1 is 1.19 bits per heavy atom. The average molecular weight is 226 g/mol. The van der Waals surface area contributed by atoms with Gasteiger partial charge in [-0.2, -0.15) is 0 Å². The van der Waals surface area contributed by atoms with Gasteiger partial charge in [-0.25, -0.2) is 4.79 Å². The molecule has 92 valence electrons. The van der Waals surface area contributed by atoms with Crippen molar-refractivity contribution in [2.24, 2.45) is 0 Å². The van der Waals surface area contributed by atoms with Gasteiger partial charge < -0.3 is 9.64 Å². The fraction of sp³-hybridized carbons (Fsp3) is 0.917. The summed E-state index contributed by atoms with van der Waals surface area (Å²) in [5, 5.41) is 0. The number of carbonyl (C=O) groups excluding carboxylic acids is 1. The predicted molar refractivity (Wildman–Crippen MR) is 62.4 cm³/mol. The lowest BCUT2D eigenvalue weighted by molar-refractivity contribution is 0.140. The van der Waals surface area contributed by atoms with E-state index in [-0.39, 0.29) is 11.6 Å². The molecule has 2 aliphatic rings. The van der Waals surface area contributed by atoms with Gasteiger partial charge in [-0.05, 0) is 39.8 Å². The first kappa shape index (κ1) is 11.7. The maximum atomic E-state index is 11.5. The first-order valence-corrected chi connectivity index (χ1v) is 6.26. The van der Waals surface area contributed by atoms with Crippen molar-refractivity contribution in [3.8, 4) is 0 Å². The highest BCUT2D eigenvalue weighted by molar-refractivity contribution is 5.70. The first-order valence-electron chi connectivity index (χ1n) is 6.26. The lowest BCUT2D eigenvalue weighted by atomic mass is 10.1. The molecule has 2 saturated heterocycles. The number of carbonyl (C=O) groups is 1. The Balaban J connectivity index is 1.82. The van der Waals surface area contributed by atoms with Crippen LogP contribution in [0.1, 0.15) is 33.1 Å². The van der Waals surface area contributed by atoms with Crippen LogP contribution in [0.4, 0.5) is 4.79 Å². The molecule has 0 radical (unpaired) electrons. The van der Waals surface area contributed by atoms with E-state index in [0.29, 0.717) is 6.61 Å². The van der Waals surface area contributed by atoms with Gasteiger partial charge in [0, 0.05) is 13.1 Å². The molecule has 0 bridgehead atoms. The van der Waals surface area contributed by atoms with Gasteiger partial charge in [0.05, 0.1) is 5.54 Å². The third kappa shape index (κ3) is 2.48. The molecule has 2 aliphatic heterocycles. The molecule has 2 fully saturated rings. The van der Waals surface area contributed by atoms with Crippen LogP contribution in [-0.4, -0.2) is 54.2 Å². The Morgan fingerprint density at radius 2 is 1.88 bits per heavy atom. The van der Waals surface area contributed by atoms with Crippen molar-refractivity contribution in [2.45, 2.75) is 38.6 Å². The van der Waals surface area contributed by atoms with Crippen LogP contribution in [0.25, 0.3) is 0 Å². The lowest BCUT2D eigenvalue weighted by Crippen LogP contribution is -2.46. The van der Waals surface area contributed by atoms with Crippen molar-refractivity contribution in [1.29, 1.82) is 0 Å². The summed E-state index contributed by atoms with van der Waals surface area (Å²) >= 11 is 0. The molecular formula is C12H22N2O2. The second-order valence-electron chi connectivity index (χ2n) is 5.42. The van der Waals surface area contributed by atoms with Gasteiger partial charge in [0.1, 0.15) is 6.61 Å². The van der Waals surface area contributed by atoms with Gasteiger partial charge in [0.25, 0.3) is 0 Å². The Morgan fingerprint density at radius 3 is 2.44 bits per heavy atom. The van der Waals surface area contributed by atoms with Crippen molar-refractivity contribution >= 4 is 6.09 Å². The minimum absolute atomic E-state index is 0.132. The number of cyclic esters (lactones) is 1. The second kappa shape index (κ2) is 4.62. The molecule has 2 rings (SSSR count). The van der Waals surface area contributed by atoms with Crippen LogP contribution in [0.3, 0.4) is 0 Å². The van der Waals surface area contributed by atoms with Crippen molar-refractivity contribution in [3.05, 3.63) is 0 Å². The molecule has 16 heavy (non-hydrogen) atoms. The molecule has 0 saturated carbocycles. The molecule has 0 aromatic carbocycles. The summed E-state index contributed by atoms with van der Waals surface area (Å²) in [7, 11) is 0. The Hall–Kier alpha value is -0.770. The predicted octanol–water partition coefficient (Wildman–Crippen LogP) is 1.70. The molecule has 4 heteroatoms. The summed E-state index contributed by atoms with van der Waals surface area (Å²) in [6, 6.07) is 0. The normalized spacial score (nSPS) is 25.9. The van der Waals surface area contributed by atoms with E-state index in [1.807, 2.05) is 4.90 Å². The molecule has 0 unspecified atom stereocenters. The molecule has 0 aliphatic carbocycles. The smallest absolute Gasteiger partial charge is 0.410 e. The Bertz CT molecular complexity index is 260. The molecule has 0 aromatic rings. The summed E-state index contributed by atoms with van der Waals surface area (Å²) in [5.74, 6) is 0. The van der Waals surface area contributed by atoms with E-state index < -0.39 is 0 Å². The van der Waals surface area contributed by atoms with E-state index in [1.54, 1.807) is 0 Å². The van der Waals surface area contributed by atoms with Crippen LogP contribution in [0, 0.1) is 0 Å². The fourth-order valence-corrected chi connectivity index (χ4v) is 2.46. The molecule has 4 nitrogen and oxygen atoms in total. The third-order valence-corrected chi connectivity index (χ3v) is 3.59. The highest BCUT2D eigenvalue weighted by Gasteiger charge is 2.39. The zero-order valence-electron chi connectivity index (χ0n) is 10.4. The number of nitrogens with zero attached hydrogens (tertiary/aromatic N) is 2. The number of amides is 1. The second-order valence-corrected chi connectivity index (χ2v) is 5.42. The molecule has 2 heterocycles. The summed E-state index contributed by atoms with van der Waals surface area (Å²) in [5.41, 5.74) is -0.132. The van der Waals surface area contributed by atoms with Gasteiger partial charge in [0.15, 0.2) is 0 Å². The summed E-state index contributed by atoms with van der Waals surface area (Å²) in [4.78, 5) is 15.9. The highest BCUT2D eigenvalue weighted by atomic mass is 16.6. The number of ether oxygens (including phenoxy) is 1. The molecule has 0 atom stereocenters. The monoisotopic (exact) mass is 226 g/mol. The van der Waals surface area contributed by atoms with Crippen molar-refractivity contribution in [3.63, 3.8) is 0 Å². The number of piperidine rings is 1. The molecule has 0 spiro atoms. The van der Waals surface area contributed by atoms with Crippen molar-refractivity contribution < 1.29 is 9.53 Å². The highest BCUT2D eigenvalue weighted by Crippen LogP contribution is 2.23. The van der Waals surface area contributed by atoms with Gasteiger partial charge in [-0.15, -0.1) is 0 Å². The number of rotatable bonds is 3. The standard InChI is InChI=1S/C12H22N2O2/c1-12(2)10-16-11(15)14(12)9-8-13-6-4-3-5-7-13/h3-10H2,1-2H3. The van der Waals surface area contributed by atoms with Crippen LogP contribution >= 0.6 is 0 Å². The van der Waals surface area contributed by atoms with E-state index in [4.69, 9.17) is 4.74 Å². The Labute approximate surface area is 97.5 Å². The summed E-state index contributed by atoms with van der Waals surface area (Å²) in [6.07, 6.45) is 3.80. The maximum absolute atomic E-state index is 11.5. The zero-order valence-corrected chi connectivity index (χ0v) is 10.4. The van der Waals surface area contributed by atoms with E-state index in [9.17, 15) is 4.79 Å². The lowest BCUT2D eigenvalue weighted by Gasteiger charge is -2.32. The minimum atomic E-state index is -0.151. The van der Waals surface area contributed by atoms with E-state index in [0.717, 1.165) is 13.1 Å². The van der Waals surface area contributed by atoms with Crippen LogP contribution < -0.4 is 0 Å². The van der Waals surface area contributed by atoms with Crippen LogP contribution in [0.15, 0.2) is 0 Å². The van der Waals surface area contributed by atoms with Crippen LogP contribution in [0.5, 0.6) is 0 Å². The number of likely N-dealkylation sites (tertiary alicyclic amines) is 1. The average Bonchev–Trinajstić information content (AvgIpc) is 2.52. The molecule has 1 amide bonds. The van der Waals surface area contributed by atoms with Crippen molar-refractivity contribution in [2.75, 3.05) is 32.8 Å². The maximum Gasteiger partial charge on any atom is 0.410 e. The van der Waals surface area contributed by atoms with Gasteiger partial charge in [-0.1, -0.05) is 6.42 Å².